The molecule has 0 aliphatic heterocycles. The zero-order chi connectivity index (χ0) is 14.7. The van der Waals surface area contributed by atoms with E-state index >= 15 is 0 Å². The van der Waals surface area contributed by atoms with Crippen molar-refractivity contribution in [1.82, 2.24) is 10.3 Å². The molecule has 0 amide bonds. The lowest BCUT2D eigenvalue weighted by Gasteiger charge is -2.05. The molecule has 0 aliphatic rings. The normalized spacial score (nSPS) is 11.0. The maximum Gasteiger partial charge on any atom is 0.118 e. The van der Waals surface area contributed by atoms with Gasteiger partial charge in [-0.15, -0.1) is 0 Å². The van der Waals surface area contributed by atoms with E-state index in [1.807, 2.05) is 30.5 Å². The number of fused-ring (bicyclic) bond motifs is 1. The quantitative estimate of drug-likeness (QED) is 0.744. The van der Waals surface area contributed by atoms with Crippen LogP contribution in [0.1, 0.15) is 11.1 Å². The zero-order valence-electron chi connectivity index (χ0n) is 11.8. The molecule has 108 valence electrons. The summed E-state index contributed by atoms with van der Waals surface area (Å²) in [5.74, 6) is 0.882. The minimum absolute atomic E-state index is 0.752. The van der Waals surface area contributed by atoms with Gasteiger partial charge in [0.25, 0.3) is 0 Å². The molecule has 0 radical (unpaired) electrons. The molecular weight excluding hydrogens is 284 g/mol. The highest BCUT2D eigenvalue weighted by Gasteiger charge is 2.03. The van der Waals surface area contributed by atoms with Crippen LogP contribution in [0.25, 0.3) is 10.9 Å². The molecule has 1 heterocycles. The molecule has 0 bridgehead atoms. The Labute approximate surface area is 128 Å². The Morgan fingerprint density at radius 2 is 1.90 bits per heavy atom. The standard InChI is InChI=1S/C17H17ClN2O/c1-21-15-5-2-12(3-6-15)9-19-10-13-11-20-17-8-14(18)4-7-16(13)17/h2-8,11,19-20H,9-10H2,1H3. The predicted octanol–water partition coefficient (Wildman–Crippen LogP) is 4.12. The Kier molecular flexibility index (Phi) is 4.13. The lowest BCUT2D eigenvalue weighted by Crippen LogP contribution is -2.12. The summed E-state index contributed by atoms with van der Waals surface area (Å²) in [5.41, 5.74) is 3.55. The highest BCUT2D eigenvalue weighted by Crippen LogP contribution is 2.22. The second-order valence-electron chi connectivity index (χ2n) is 4.96. The minimum Gasteiger partial charge on any atom is -0.497 e. The fourth-order valence-corrected chi connectivity index (χ4v) is 2.56. The first-order valence-corrected chi connectivity index (χ1v) is 7.23. The average Bonchev–Trinajstić information content (AvgIpc) is 2.90. The first-order valence-electron chi connectivity index (χ1n) is 6.85. The van der Waals surface area contributed by atoms with Crippen molar-refractivity contribution in [2.24, 2.45) is 0 Å². The van der Waals surface area contributed by atoms with Crippen molar-refractivity contribution < 1.29 is 4.74 Å². The third-order valence-electron chi connectivity index (χ3n) is 3.53. The number of H-pyrrole nitrogens is 1. The van der Waals surface area contributed by atoms with E-state index in [-0.39, 0.29) is 0 Å². The molecule has 3 aromatic rings. The van der Waals surface area contributed by atoms with E-state index in [9.17, 15) is 0 Å². The summed E-state index contributed by atoms with van der Waals surface area (Å²) in [6.07, 6.45) is 2.03. The summed E-state index contributed by atoms with van der Waals surface area (Å²) in [6.45, 7) is 1.64. The van der Waals surface area contributed by atoms with Crippen LogP contribution in [0.4, 0.5) is 0 Å². The summed E-state index contributed by atoms with van der Waals surface area (Å²) in [6, 6.07) is 14.0. The van der Waals surface area contributed by atoms with Crippen molar-refractivity contribution in [1.29, 1.82) is 0 Å². The van der Waals surface area contributed by atoms with Gasteiger partial charge >= 0.3 is 0 Å². The van der Waals surface area contributed by atoms with E-state index in [2.05, 4.69) is 28.5 Å². The number of ether oxygens (including phenoxy) is 1. The molecule has 0 aliphatic carbocycles. The third-order valence-corrected chi connectivity index (χ3v) is 3.77. The second-order valence-corrected chi connectivity index (χ2v) is 5.39. The van der Waals surface area contributed by atoms with Gasteiger partial charge < -0.3 is 15.0 Å². The van der Waals surface area contributed by atoms with Crippen LogP contribution in [-0.4, -0.2) is 12.1 Å². The molecule has 3 nitrogen and oxygen atoms in total. The first kappa shape index (κ1) is 14.0. The third kappa shape index (κ3) is 3.20. The SMILES string of the molecule is COc1ccc(CNCc2c[nH]c3cc(Cl)ccc23)cc1. The van der Waals surface area contributed by atoms with Gasteiger partial charge in [-0.3, -0.25) is 0 Å². The molecule has 1 aromatic heterocycles. The molecule has 0 spiro atoms. The van der Waals surface area contributed by atoms with Gasteiger partial charge in [0.2, 0.25) is 0 Å². The molecule has 0 atom stereocenters. The van der Waals surface area contributed by atoms with Gasteiger partial charge in [0, 0.05) is 35.2 Å². The molecule has 3 rings (SSSR count). The molecular formula is C17H17ClN2O. The van der Waals surface area contributed by atoms with Crippen molar-refractivity contribution in [3.05, 3.63) is 64.8 Å². The zero-order valence-corrected chi connectivity index (χ0v) is 12.6. The van der Waals surface area contributed by atoms with Crippen molar-refractivity contribution >= 4 is 22.5 Å². The van der Waals surface area contributed by atoms with Gasteiger partial charge in [-0.2, -0.15) is 0 Å². The van der Waals surface area contributed by atoms with Gasteiger partial charge in [-0.05, 0) is 35.4 Å². The molecule has 0 unspecified atom stereocenters. The van der Waals surface area contributed by atoms with Crippen LogP contribution in [0.2, 0.25) is 5.02 Å². The summed E-state index contributed by atoms with van der Waals surface area (Å²) in [7, 11) is 1.68. The van der Waals surface area contributed by atoms with Crippen LogP contribution in [0.15, 0.2) is 48.7 Å². The number of halogens is 1. The Hall–Kier alpha value is -1.97. The molecule has 4 heteroatoms. The number of aromatic amines is 1. The molecule has 2 aromatic carbocycles. The van der Waals surface area contributed by atoms with Crippen LogP contribution in [-0.2, 0) is 13.1 Å². The van der Waals surface area contributed by atoms with Crippen LogP contribution < -0.4 is 10.1 Å². The van der Waals surface area contributed by atoms with Gasteiger partial charge in [0.15, 0.2) is 0 Å². The Bertz CT molecular complexity index is 734. The molecule has 0 saturated heterocycles. The molecule has 0 saturated carbocycles. The van der Waals surface area contributed by atoms with Crippen molar-refractivity contribution in [3.8, 4) is 5.75 Å². The first-order chi connectivity index (χ1) is 10.3. The molecule has 21 heavy (non-hydrogen) atoms. The number of rotatable bonds is 5. The average molecular weight is 301 g/mol. The van der Waals surface area contributed by atoms with Gasteiger partial charge in [-0.25, -0.2) is 0 Å². The van der Waals surface area contributed by atoms with Crippen LogP contribution in [0, 0.1) is 0 Å². The summed E-state index contributed by atoms with van der Waals surface area (Å²) in [4.78, 5) is 3.25. The smallest absolute Gasteiger partial charge is 0.118 e. The predicted molar refractivity (Wildman–Crippen MR) is 86.8 cm³/mol. The highest BCUT2D eigenvalue weighted by atomic mass is 35.5. The van der Waals surface area contributed by atoms with Crippen LogP contribution >= 0.6 is 11.6 Å². The lowest BCUT2D eigenvalue weighted by molar-refractivity contribution is 0.414. The fourth-order valence-electron chi connectivity index (χ4n) is 2.39. The summed E-state index contributed by atoms with van der Waals surface area (Å²) >= 11 is 5.99. The monoisotopic (exact) mass is 300 g/mol. The van der Waals surface area contributed by atoms with E-state index in [1.54, 1.807) is 7.11 Å². The van der Waals surface area contributed by atoms with E-state index < -0.39 is 0 Å². The van der Waals surface area contributed by atoms with E-state index in [4.69, 9.17) is 16.3 Å². The largest absolute Gasteiger partial charge is 0.497 e. The Morgan fingerprint density at radius 1 is 1.10 bits per heavy atom. The number of benzene rings is 2. The minimum atomic E-state index is 0.752. The van der Waals surface area contributed by atoms with Gasteiger partial charge in [0.1, 0.15) is 5.75 Å². The van der Waals surface area contributed by atoms with Crippen LogP contribution in [0.5, 0.6) is 5.75 Å². The van der Waals surface area contributed by atoms with Crippen molar-refractivity contribution in [2.45, 2.75) is 13.1 Å². The summed E-state index contributed by atoms with van der Waals surface area (Å²) < 4.78 is 5.16. The lowest BCUT2D eigenvalue weighted by atomic mass is 10.1. The Balaban J connectivity index is 1.63. The fraction of sp³-hybridized carbons (Fsp3) is 0.176. The number of methoxy groups -OCH3 is 1. The van der Waals surface area contributed by atoms with E-state index in [1.165, 1.54) is 16.5 Å². The van der Waals surface area contributed by atoms with Crippen molar-refractivity contribution in [3.63, 3.8) is 0 Å². The maximum absolute atomic E-state index is 5.99. The number of hydrogen-bond donors (Lipinski definition) is 2. The number of hydrogen-bond acceptors (Lipinski definition) is 2. The second kappa shape index (κ2) is 6.20. The highest BCUT2D eigenvalue weighted by molar-refractivity contribution is 6.31. The van der Waals surface area contributed by atoms with E-state index in [0.29, 0.717) is 0 Å². The van der Waals surface area contributed by atoms with Gasteiger partial charge in [-0.1, -0.05) is 29.8 Å². The van der Waals surface area contributed by atoms with Gasteiger partial charge in [0.05, 0.1) is 7.11 Å². The maximum atomic E-state index is 5.99. The van der Waals surface area contributed by atoms with E-state index in [0.717, 1.165) is 29.4 Å². The topological polar surface area (TPSA) is 37.0 Å². The summed E-state index contributed by atoms with van der Waals surface area (Å²) in [5, 5.41) is 5.42. The molecule has 0 fully saturated rings. The number of aromatic nitrogens is 1. The Morgan fingerprint density at radius 3 is 2.67 bits per heavy atom. The van der Waals surface area contributed by atoms with Crippen LogP contribution in [0.3, 0.4) is 0 Å². The number of nitrogens with one attached hydrogen (secondary N) is 2. The van der Waals surface area contributed by atoms with Crippen molar-refractivity contribution in [2.75, 3.05) is 7.11 Å². The molecule has 2 N–H and O–H groups in total.